The normalized spacial score (nSPS) is 9.64. The highest BCUT2D eigenvalue weighted by atomic mass is 79.9. The first-order valence-electron chi connectivity index (χ1n) is 2.97. The van der Waals surface area contributed by atoms with E-state index in [0.29, 0.717) is 16.8 Å². The number of anilines is 2. The fourth-order valence-electron chi connectivity index (χ4n) is 0.756. The van der Waals surface area contributed by atoms with Crippen molar-refractivity contribution in [1.29, 1.82) is 0 Å². The Morgan fingerprint density at radius 2 is 2.09 bits per heavy atom. The largest absolute Gasteiger partial charge is 0.397 e. The molecule has 0 saturated heterocycles. The number of halogens is 1. The molecule has 0 aliphatic rings. The van der Waals surface area contributed by atoms with E-state index in [-0.39, 0.29) is 0 Å². The molecule has 0 aliphatic heterocycles. The highest BCUT2D eigenvalue weighted by molar-refractivity contribution is 9.10. The number of hydrazine groups is 1. The van der Waals surface area contributed by atoms with Crippen LogP contribution in [-0.4, -0.2) is 7.85 Å². The third-order valence-corrected chi connectivity index (χ3v) is 2.03. The van der Waals surface area contributed by atoms with Gasteiger partial charge in [0.25, 0.3) is 0 Å². The second-order valence-electron chi connectivity index (χ2n) is 2.07. The SMILES string of the molecule is [B]c1ccc(Br)c(NN)c1N. The molecule has 1 aromatic rings. The number of nitrogens with one attached hydrogen (secondary N) is 1. The van der Waals surface area contributed by atoms with Crippen LogP contribution >= 0.6 is 15.9 Å². The molecule has 0 aliphatic carbocycles. The summed E-state index contributed by atoms with van der Waals surface area (Å²) in [7, 11) is 5.52. The van der Waals surface area contributed by atoms with E-state index in [1.165, 1.54) is 0 Å². The molecule has 11 heavy (non-hydrogen) atoms. The average Bonchev–Trinajstić information content (AvgIpc) is 1.99. The van der Waals surface area contributed by atoms with Crippen LogP contribution in [0.4, 0.5) is 11.4 Å². The molecule has 0 heterocycles. The third kappa shape index (κ3) is 1.49. The van der Waals surface area contributed by atoms with Gasteiger partial charge in [-0.2, -0.15) is 0 Å². The quantitative estimate of drug-likeness (QED) is 0.268. The van der Waals surface area contributed by atoms with E-state index in [1.54, 1.807) is 12.1 Å². The molecule has 0 saturated carbocycles. The number of nitrogens with two attached hydrogens (primary N) is 2. The molecule has 0 bridgehead atoms. The van der Waals surface area contributed by atoms with Gasteiger partial charge < -0.3 is 11.2 Å². The lowest BCUT2D eigenvalue weighted by molar-refractivity contribution is 1.35. The second-order valence-corrected chi connectivity index (χ2v) is 2.92. The average molecular weight is 212 g/mol. The zero-order chi connectivity index (χ0) is 8.43. The van der Waals surface area contributed by atoms with Crippen LogP contribution in [0.2, 0.25) is 0 Å². The van der Waals surface area contributed by atoms with Crippen molar-refractivity contribution < 1.29 is 0 Å². The van der Waals surface area contributed by atoms with Gasteiger partial charge in [-0.1, -0.05) is 11.5 Å². The summed E-state index contributed by atoms with van der Waals surface area (Å²) >= 11 is 3.26. The zero-order valence-corrected chi connectivity index (χ0v) is 7.35. The van der Waals surface area contributed by atoms with E-state index in [2.05, 4.69) is 21.4 Å². The van der Waals surface area contributed by atoms with E-state index < -0.39 is 0 Å². The highest BCUT2D eigenvalue weighted by Crippen LogP contribution is 2.25. The minimum Gasteiger partial charge on any atom is -0.397 e. The van der Waals surface area contributed by atoms with Crippen LogP contribution < -0.4 is 22.5 Å². The summed E-state index contributed by atoms with van der Waals surface area (Å²) in [5, 5.41) is 0. The standard InChI is InChI=1S/C6H7BBrN3/c7-3-1-2-4(8)6(11-10)5(3)9/h1-2,11H,9-10H2. The van der Waals surface area contributed by atoms with Gasteiger partial charge >= 0.3 is 0 Å². The smallest absolute Gasteiger partial charge is 0.116 e. The first-order chi connectivity index (χ1) is 5.16. The minimum absolute atomic E-state index is 0.460. The van der Waals surface area contributed by atoms with E-state index >= 15 is 0 Å². The summed E-state index contributed by atoms with van der Waals surface area (Å²) in [6.45, 7) is 0. The van der Waals surface area contributed by atoms with Crippen molar-refractivity contribution in [3.05, 3.63) is 16.6 Å². The molecule has 5 N–H and O–H groups in total. The van der Waals surface area contributed by atoms with E-state index in [1.807, 2.05) is 0 Å². The number of nitrogen functional groups attached to an aromatic ring is 2. The van der Waals surface area contributed by atoms with Gasteiger partial charge in [-0.3, -0.25) is 5.84 Å². The van der Waals surface area contributed by atoms with Crippen molar-refractivity contribution in [2.45, 2.75) is 0 Å². The van der Waals surface area contributed by atoms with Gasteiger partial charge in [0.15, 0.2) is 0 Å². The highest BCUT2D eigenvalue weighted by Gasteiger charge is 2.03. The van der Waals surface area contributed by atoms with Crippen molar-refractivity contribution in [2.24, 2.45) is 5.84 Å². The summed E-state index contributed by atoms with van der Waals surface area (Å²) in [5.41, 5.74) is 9.64. The van der Waals surface area contributed by atoms with Crippen LogP contribution in [0.15, 0.2) is 16.6 Å². The molecule has 56 valence electrons. The number of benzene rings is 1. The summed E-state index contributed by atoms with van der Waals surface area (Å²) in [6.07, 6.45) is 0. The molecule has 0 atom stereocenters. The summed E-state index contributed by atoms with van der Waals surface area (Å²) < 4.78 is 0.798. The molecule has 3 nitrogen and oxygen atoms in total. The Kier molecular flexibility index (Phi) is 2.41. The summed E-state index contributed by atoms with van der Waals surface area (Å²) in [5.74, 6) is 5.20. The molecular weight excluding hydrogens is 205 g/mol. The molecule has 5 heteroatoms. The maximum absolute atomic E-state index is 5.60. The Hall–Kier alpha value is -0.675. The lowest BCUT2D eigenvalue weighted by Gasteiger charge is -2.09. The molecule has 0 aromatic heterocycles. The van der Waals surface area contributed by atoms with Gasteiger partial charge in [0.2, 0.25) is 0 Å². The maximum Gasteiger partial charge on any atom is 0.116 e. The van der Waals surface area contributed by atoms with E-state index in [4.69, 9.17) is 19.4 Å². The van der Waals surface area contributed by atoms with Crippen LogP contribution in [0, 0.1) is 0 Å². The molecular formula is C6H7BBrN3. The van der Waals surface area contributed by atoms with Crippen molar-refractivity contribution >= 4 is 40.6 Å². The van der Waals surface area contributed by atoms with Gasteiger partial charge in [0.1, 0.15) is 7.85 Å². The van der Waals surface area contributed by atoms with Crippen molar-refractivity contribution in [3.63, 3.8) is 0 Å². The van der Waals surface area contributed by atoms with Crippen LogP contribution in [0.25, 0.3) is 0 Å². The van der Waals surface area contributed by atoms with Crippen molar-refractivity contribution in [3.8, 4) is 0 Å². The summed E-state index contributed by atoms with van der Waals surface area (Å²) in [4.78, 5) is 0. The lowest BCUT2D eigenvalue weighted by Crippen LogP contribution is -2.16. The number of rotatable bonds is 1. The van der Waals surface area contributed by atoms with Crippen LogP contribution in [0.1, 0.15) is 0 Å². The Balaban J connectivity index is 3.29. The third-order valence-electron chi connectivity index (χ3n) is 1.37. The fraction of sp³-hybridized carbons (Fsp3) is 0. The first kappa shape index (κ1) is 8.42. The topological polar surface area (TPSA) is 64.1 Å². The van der Waals surface area contributed by atoms with Crippen LogP contribution in [0.3, 0.4) is 0 Å². The van der Waals surface area contributed by atoms with Crippen molar-refractivity contribution in [2.75, 3.05) is 11.2 Å². The Labute approximate surface area is 74.7 Å². The predicted molar refractivity (Wildman–Crippen MR) is 51.8 cm³/mol. The second kappa shape index (κ2) is 3.15. The minimum atomic E-state index is 0.460. The fourth-order valence-corrected chi connectivity index (χ4v) is 1.22. The Morgan fingerprint density at radius 3 is 2.55 bits per heavy atom. The van der Waals surface area contributed by atoms with Gasteiger partial charge in [-0.05, 0) is 22.0 Å². The van der Waals surface area contributed by atoms with Crippen LogP contribution in [0.5, 0.6) is 0 Å². The molecule has 0 unspecified atom stereocenters. The molecule has 1 rings (SSSR count). The van der Waals surface area contributed by atoms with Gasteiger partial charge in [-0.25, -0.2) is 0 Å². The van der Waals surface area contributed by atoms with E-state index in [0.717, 1.165) is 4.47 Å². The number of hydrogen-bond donors (Lipinski definition) is 3. The summed E-state index contributed by atoms with van der Waals surface area (Å²) in [6, 6.07) is 3.49. The maximum atomic E-state index is 5.60. The molecule has 2 radical (unpaired) electrons. The predicted octanol–water partition coefficient (Wildman–Crippen LogP) is 0.111. The Bertz CT molecular complexity index is 277. The lowest BCUT2D eigenvalue weighted by atomic mass is 9.94. The monoisotopic (exact) mass is 211 g/mol. The molecule has 0 amide bonds. The molecule has 1 aromatic carbocycles. The van der Waals surface area contributed by atoms with E-state index in [9.17, 15) is 0 Å². The zero-order valence-electron chi connectivity index (χ0n) is 5.76. The molecule has 0 spiro atoms. The Morgan fingerprint density at radius 1 is 1.45 bits per heavy atom. The van der Waals surface area contributed by atoms with Crippen LogP contribution in [-0.2, 0) is 0 Å². The van der Waals surface area contributed by atoms with Crippen molar-refractivity contribution in [1.82, 2.24) is 0 Å². The van der Waals surface area contributed by atoms with Gasteiger partial charge in [0.05, 0.1) is 11.4 Å². The van der Waals surface area contributed by atoms with Gasteiger partial charge in [0, 0.05) is 4.47 Å². The number of hydrogen-bond acceptors (Lipinski definition) is 3. The van der Waals surface area contributed by atoms with Gasteiger partial charge in [-0.15, -0.1) is 0 Å². The molecule has 0 fully saturated rings. The first-order valence-corrected chi connectivity index (χ1v) is 3.76.